The predicted octanol–water partition coefficient (Wildman–Crippen LogP) is 1.46. The summed E-state index contributed by atoms with van der Waals surface area (Å²) in [5.74, 6) is 0.606. The van der Waals surface area contributed by atoms with Crippen LogP contribution in [0.4, 0.5) is 0 Å². The summed E-state index contributed by atoms with van der Waals surface area (Å²) in [5, 5.41) is 0. The first-order valence-electron chi connectivity index (χ1n) is 4.99. The highest BCUT2D eigenvalue weighted by atomic mass is 32.2. The summed E-state index contributed by atoms with van der Waals surface area (Å²) in [7, 11) is -2.93. The quantitative estimate of drug-likeness (QED) is 0.697. The van der Waals surface area contributed by atoms with Crippen molar-refractivity contribution in [1.29, 1.82) is 0 Å². The highest BCUT2D eigenvalue weighted by Gasteiger charge is 2.27. The summed E-state index contributed by atoms with van der Waals surface area (Å²) in [6, 6.07) is 0. The number of unbranched alkanes of at least 4 members (excludes halogenated alkanes) is 1. The zero-order valence-electron chi connectivity index (χ0n) is 8.49. The number of rotatable bonds is 4. The third-order valence-electron chi connectivity index (χ3n) is 2.68. The molecule has 1 aliphatic rings. The summed E-state index contributed by atoms with van der Waals surface area (Å²) in [6.07, 6.45) is 5.96. The van der Waals surface area contributed by atoms with E-state index >= 15 is 0 Å². The van der Waals surface area contributed by atoms with Gasteiger partial charge in [0, 0.05) is 13.1 Å². The zero-order valence-corrected chi connectivity index (χ0v) is 9.31. The van der Waals surface area contributed by atoms with Crippen molar-refractivity contribution in [2.45, 2.75) is 32.6 Å². The van der Waals surface area contributed by atoms with E-state index in [4.69, 9.17) is 0 Å². The largest absolute Gasteiger partial charge is 0.213 e. The van der Waals surface area contributed by atoms with E-state index in [1.54, 1.807) is 4.31 Å². The lowest BCUT2D eigenvalue weighted by atomic mass is 10.0. The summed E-state index contributed by atoms with van der Waals surface area (Å²) in [5.41, 5.74) is 0. The molecular formula is C9H19NO2S. The van der Waals surface area contributed by atoms with E-state index in [1.165, 1.54) is 25.5 Å². The van der Waals surface area contributed by atoms with Crippen LogP contribution in [0.1, 0.15) is 32.6 Å². The lowest BCUT2D eigenvalue weighted by molar-refractivity contribution is 0.443. The summed E-state index contributed by atoms with van der Waals surface area (Å²) < 4.78 is 24.0. The van der Waals surface area contributed by atoms with Crippen LogP contribution in [0, 0.1) is 5.92 Å². The van der Waals surface area contributed by atoms with Crippen LogP contribution in [0.5, 0.6) is 0 Å². The first kappa shape index (κ1) is 11.0. The fourth-order valence-corrected chi connectivity index (χ4v) is 2.75. The Hall–Kier alpha value is -0.0900. The highest BCUT2D eigenvalue weighted by Crippen LogP contribution is 2.23. The van der Waals surface area contributed by atoms with Gasteiger partial charge < -0.3 is 0 Å². The number of hydrogen-bond acceptors (Lipinski definition) is 2. The van der Waals surface area contributed by atoms with Crippen LogP contribution in [0.2, 0.25) is 0 Å². The maximum atomic E-state index is 11.2. The van der Waals surface area contributed by atoms with Crippen LogP contribution in [-0.4, -0.2) is 32.1 Å². The van der Waals surface area contributed by atoms with Gasteiger partial charge in [0.2, 0.25) is 10.0 Å². The minimum Gasteiger partial charge on any atom is -0.213 e. The van der Waals surface area contributed by atoms with Gasteiger partial charge in [-0.15, -0.1) is 0 Å². The smallest absolute Gasteiger partial charge is 0.211 e. The van der Waals surface area contributed by atoms with Gasteiger partial charge in [-0.2, -0.15) is 0 Å². The van der Waals surface area contributed by atoms with E-state index in [2.05, 4.69) is 6.92 Å². The Balaban J connectivity index is 2.37. The standard InChI is InChI=1S/C9H19NO2S/c1-3-4-5-9-6-7-10(8-9)13(2,11)12/h9H,3-8H2,1-2H3. The fraction of sp³-hybridized carbons (Fsp3) is 1.00. The second-order valence-electron chi connectivity index (χ2n) is 3.92. The molecule has 0 bridgehead atoms. The normalized spacial score (nSPS) is 25.2. The van der Waals surface area contributed by atoms with Gasteiger partial charge in [-0.05, 0) is 18.8 Å². The molecule has 3 nitrogen and oxygen atoms in total. The van der Waals surface area contributed by atoms with Gasteiger partial charge in [0.1, 0.15) is 0 Å². The minimum absolute atomic E-state index is 0.606. The van der Waals surface area contributed by atoms with Crippen molar-refractivity contribution >= 4 is 10.0 Å². The van der Waals surface area contributed by atoms with Gasteiger partial charge in [-0.25, -0.2) is 12.7 Å². The van der Waals surface area contributed by atoms with Gasteiger partial charge in [0.15, 0.2) is 0 Å². The second-order valence-corrected chi connectivity index (χ2v) is 5.90. The van der Waals surface area contributed by atoms with Gasteiger partial charge in [-0.3, -0.25) is 0 Å². The van der Waals surface area contributed by atoms with E-state index < -0.39 is 10.0 Å². The molecule has 1 heterocycles. The molecule has 4 heteroatoms. The average molecular weight is 205 g/mol. The van der Waals surface area contributed by atoms with Crippen LogP contribution in [-0.2, 0) is 10.0 Å². The Bertz CT molecular complexity index is 248. The number of nitrogens with zero attached hydrogens (tertiary/aromatic N) is 1. The minimum atomic E-state index is -2.93. The maximum absolute atomic E-state index is 11.2. The lowest BCUT2D eigenvalue weighted by Crippen LogP contribution is -2.27. The Labute approximate surface area is 81.2 Å². The van der Waals surface area contributed by atoms with Crippen LogP contribution in [0.25, 0.3) is 0 Å². The lowest BCUT2D eigenvalue weighted by Gasteiger charge is -2.12. The fourth-order valence-electron chi connectivity index (χ4n) is 1.83. The monoisotopic (exact) mass is 205 g/mol. The molecule has 13 heavy (non-hydrogen) atoms. The predicted molar refractivity (Wildman–Crippen MR) is 54.0 cm³/mol. The molecule has 0 amide bonds. The molecule has 1 atom stereocenters. The molecular weight excluding hydrogens is 186 g/mol. The second kappa shape index (κ2) is 4.42. The van der Waals surface area contributed by atoms with Crippen molar-refractivity contribution in [3.05, 3.63) is 0 Å². The third kappa shape index (κ3) is 3.27. The topological polar surface area (TPSA) is 37.4 Å². The first-order valence-corrected chi connectivity index (χ1v) is 6.84. The molecule has 1 rings (SSSR count). The van der Waals surface area contributed by atoms with E-state index in [1.807, 2.05) is 0 Å². The molecule has 0 N–H and O–H groups in total. The van der Waals surface area contributed by atoms with Crippen LogP contribution in [0.15, 0.2) is 0 Å². The molecule has 0 radical (unpaired) electrons. The Morgan fingerprint density at radius 3 is 2.62 bits per heavy atom. The Morgan fingerprint density at radius 1 is 1.46 bits per heavy atom. The first-order chi connectivity index (χ1) is 6.04. The average Bonchev–Trinajstić information content (AvgIpc) is 2.47. The van der Waals surface area contributed by atoms with Crippen LogP contribution in [0.3, 0.4) is 0 Å². The maximum Gasteiger partial charge on any atom is 0.211 e. The number of sulfonamides is 1. The van der Waals surface area contributed by atoms with Crippen molar-refractivity contribution in [3.8, 4) is 0 Å². The molecule has 1 fully saturated rings. The van der Waals surface area contributed by atoms with Crippen molar-refractivity contribution in [2.75, 3.05) is 19.3 Å². The Morgan fingerprint density at radius 2 is 2.15 bits per heavy atom. The molecule has 0 spiro atoms. The van der Waals surface area contributed by atoms with Crippen molar-refractivity contribution < 1.29 is 8.42 Å². The van der Waals surface area contributed by atoms with Crippen molar-refractivity contribution in [1.82, 2.24) is 4.31 Å². The molecule has 0 aromatic rings. The van der Waals surface area contributed by atoms with Crippen LogP contribution >= 0.6 is 0 Å². The van der Waals surface area contributed by atoms with E-state index in [9.17, 15) is 8.42 Å². The molecule has 0 saturated carbocycles. The third-order valence-corrected chi connectivity index (χ3v) is 3.95. The molecule has 1 aliphatic heterocycles. The van der Waals surface area contributed by atoms with Gasteiger partial charge in [0.25, 0.3) is 0 Å². The van der Waals surface area contributed by atoms with E-state index in [0.29, 0.717) is 5.92 Å². The van der Waals surface area contributed by atoms with E-state index in [0.717, 1.165) is 19.5 Å². The molecule has 0 aromatic heterocycles. The summed E-state index contributed by atoms with van der Waals surface area (Å²) in [4.78, 5) is 0. The summed E-state index contributed by atoms with van der Waals surface area (Å²) >= 11 is 0. The highest BCUT2D eigenvalue weighted by molar-refractivity contribution is 7.88. The van der Waals surface area contributed by atoms with Crippen LogP contribution < -0.4 is 0 Å². The molecule has 78 valence electrons. The van der Waals surface area contributed by atoms with Gasteiger partial charge in [-0.1, -0.05) is 19.8 Å². The number of hydrogen-bond donors (Lipinski definition) is 0. The molecule has 0 aliphatic carbocycles. The van der Waals surface area contributed by atoms with Crippen molar-refractivity contribution in [2.24, 2.45) is 5.92 Å². The SMILES string of the molecule is CCCCC1CCN(S(C)(=O)=O)C1. The summed E-state index contributed by atoms with van der Waals surface area (Å²) in [6.45, 7) is 3.65. The van der Waals surface area contributed by atoms with Gasteiger partial charge in [0.05, 0.1) is 6.26 Å². The molecule has 1 saturated heterocycles. The Kier molecular flexibility index (Phi) is 3.74. The van der Waals surface area contributed by atoms with Gasteiger partial charge >= 0.3 is 0 Å². The van der Waals surface area contributed by atoms with E-state index in [-0.39, 0.29) is 0 Å². The van der Waals surface area contributed by atoms with Crippen molar-refractivity contribution in [3.63, 3.8) is 0 Å². The zero-order chi connectivity index (χ0) is 9.90. The molecule has 0 aromatic carbocycles. The molecule has 1 unspecified atom stereocenters.